The molecule has 0 bridgehead atoms. The molecule has 2 spiro atoms. The number of ketones is 1. The zero-order chi connectivity index (χ0) is 11.2. The van der Waals surface area contributed by atoms with Crippen LogP contribution in [0.15, 0.2) is 0 Å². The van der Waals surface area contributed by atoms with Crippen molar-refractivity contribution < 1.29 is 14.3 Å². The first-order valence-corrected chi connectivity index (χ1v) is 6.52. The smallest absolute Gasteiger partial charge is 0.181 e. The van der Waals surface area contributed by atoms with E-state index in [-0.39, 0.29) is 5.41 Å². The van der Waals surface area contributed by atoms with Crippen LogP contribution in [0.25, 0.3) is 0 Å². The normalized spacial score (nSPS) is 42.3. The molecule has 0 amide bonds. The summed E-state index contributed by atoms with van der Waals surface area (Å²) in [4.78, 5) is 12.4. The SMILES string of the molecule is C[C@@H]1CCCC(=O)[C@]12CCCC21OCCO1. The van der Waals surface area contributed by atoms with Gasteiger partial charge in [0.15, 0.2) is 5.79 Å². The summed E-state index contributed by atoms with van der Waals surface area (Å²) in [5.74, 6) is 0.254. The van der Waals surface area contributed by atoms with Crippen LogP contribution < -0.4 is 0 Å². The molecule has 90 valence electrons. The molecule has 3 rings (SSSR count). The highest BCUT2D eigenvalue weighted by Crippen LogP contribution is 2.59. The Balaban J connectivity index is 2.03. The first-order chi connectivity index (χ1) is 7.71. The Morgan fingerprint density at radius 1 is 1.19 bits per heavy atom. The van der Waals surface area contributed by atoms with Crippen LogP contribution in [0.5, 0.6) is 0 Å². The number of carbonyl (C=O) groups is 1. The monoisotopic (exact) mass is 224 g/mol. The summed E-state index contributed by atoms with van der Waals surface area (Å²) < 4.78 is 11.8. The van der Waals surface area contributed by atoms with E-state index in [9.17, 15) is 4.79 Å². The molecular formula is C13H20O3. The predicted molar refractivity (Wildman–Crippen MR) is 58.9 cm³/mol. The average Bonchev–Trinajstić information content (AvgIpc) is 2.86. The maximum absolute atomic E-state index is 12.4. The maximum atomic E-state index is 12.4. The van der Waals surface area contributed by atoms with Crippen molar-refractivity contribution in [2.75, 3.05) is 13.2 Å². The molecule has 2 saturated carbocycles. The lowest BCUT2D eigenvalue weighted by molar-refractivity contribution is -0.235. The number of Topliss-reactive ketones (excluding diaryl/α,β-unsaturated/α-hetero) is 1. The minimum absolute atomic E-state index is 0.318. The Labute approximate surface area is 96.5 Å². The molecule has 1 heterocycles. The fourth-order valence-electron chi connectivity index (χ4n) is 4.16. The summed E-state index contributed by atoms with van der Waals surface area (Å²) in [6, 6.07) is 0. The molecular weight excluding hydrogens is 204 g/mol. The zero-order valence-electron chi connectivity index (χ0n) is 9.96. The van der Waals surface area contributed by atoms with E-state index < -0.39 is 5.79 Å². The van der Waals surface area contributed by atoms with Gasteiger partial charge in [0.1, 0.15) is 5.78 Å². The van der Waals surface area contributed by atoms with Crippen molar-refractivity contribution in [3.05, 3.63) is 0 Å². The molecule has 3 aliphatic rings. The molecule has 2 atom stereocenters. The molecule has 1 aliphatic heterocycles. The van der Waals surface area contributed by atoms with Crippen LogP contribution in [-0.4, -0.2) is 24.8 Å². The summed E-state index contributed by atoms with van der Waals surface area (Å²) in [6.07, 6.45) is 5.84. The van der Waals surface area contributed by atoms with Crippen LogP contribution in [0.3, 0.4) is 0 Å². The quantitative estimate of drug-likeness (QED) is 0.633. The third-order valence-electron chi connectivity index (χ3n) is 4.89. The van der Waals surface area contributed by atoms with Gasteiger partial charge in [-0.1, -0.05) is 6.92 Å². The van der Waals surface area contributed by atoms with Crippen molar-refractivity contribution in [1.29, 1.82) is 0 Å². The fraction of sp³-hybridized carbons (Fsp3) is 0.923. The van der Waals surface area contributed by atoms with Crippen molar-refractivity contribution in [3.8, 4) is 0 Å². The molecule has 1 saturated heterocycles. The third kappa shape index (κ3) is 1.13. The van der Waals surface area contributed by atoms with E-state index in [4.69, 9.17) is 9.47 Å². The summed E-state index contributed by atoms with van der Waals surface area (Å²) in [7, 11) is 0. The van der Waals surface area contributed by atoms with Gasteiger partial charge in [-0.05, 0) is 31.6 Å². The highest BCUT2D eigenvalue weighted by Gasteiger charge is 2.65. The van der Waals surface area contributed by atoms with E-state index in [1.807, 2.05) is 0 Å². The van der Waals surface area contributed by atoms with Gasteiger partial charge in [0, 0.05) is 12.8 Å². The lowest BCUT2D eigenvalue weighted by Gasteiger charge is -2.47. The molecule has 0 radical (unpaired) electrons. The maximum Gasteiger partial charge on any atom is 0.181 e. The molecule has 0 unspecified atom stereocenters. The van der Waals surface area contributed by atoms with E-state index in [0.717, 1.165) is 38.5 Å². The van der Waals surface area contributed by atoms with E-state index in [2.05, 4.69) is 6.92 Å². The minimum Gasteiger partial charge on any atom is -0.346 e. The molecule has 16 heavy (non-hydrogen) atoms. The van der Waals surface area contributed by atoms with Gasteiger partial charge in [0.25, 0.3) is 0 Å². The second kappa shape index (κ2) is 3.54. The lowest BCUT2D eigenvalue weighted by atomic mass is 9.62. The first-order valence-electron chi connectivity index (χ1n) is 6.52. The van der Waals surface area contributed by atoms with Gasteiger partial charge in [0.05, 0.1) is 18.6 Å². The van der Waals surface area contributed by atoms with Crippen LogP contribution in [0, 0.1) is 11.3 Å². The van der Waals surface area contributed by atoms with E-state index in [0.29, 0.717) is 24.9 Å². The predicted octanol–water partition coefficient (Wildman–Crippen LogP) is 2.29. The molecule has 3 nitrogen and oxygen atoms in total. The average molecular weight is 224 g/mol. The lowest BCUT2D eigenvalue weighted by Crippen LogP contribution is -2.55. The second-order valence-electron chi connectivity index (χ2n) is 5.49. The van der Waals surface area contributed by atoms with E-state index in [1.165, 1.54) is 0 Å². The Hall–Kier alpha value is -0.410. The van der Waals surface area contributed by atoms with Gasteiger partial charge in [-0.3, -0.25) is 4.79 Å². The first kappa shape index (κ1) is 10.7. The van der Waals surface area contributed by atoms with Crippen LogP contribution >= 0.6 is 0 Å². The van der Waals surface area contributed by atoms with Crippen LogP contribution in [-0.2, 0) is 14.3 Å². The largest absolute Gasteiger partial charge is 0.346 e. The molecule has 3 fully saturated rings. The number of carbonyl (C=O) groups excluding carboxylic acids is 1. The summed E-state index contributed by atoms with van der Waals surface area (Å²) in [5, 5.41) is 0. The number of hydrogen-bond donors (Lipinski definition) is 0. The third-order valence-corrected chi connectivity index (χ3v) is 4.89. The fourth-order valence-corrected chi connectivity index (χ4v) is 4.16. The number of ether oxygens (including phenoxy) is 2. The number of hydrogen-bond acceptors (Lipinski definition) is 3. The van der Waals surface area contributed by atoms with Gasteiger partial charge >= 0.3 is 0 Å². The van der Waals surface area contributed by atoms with Gasteiger partial charge in [-0.25, -0.2) is 0 Å². The van der Waals surface area contributed by atoms with Gasteiger partial charge in [-0.15, -0.1) is 0 Å². The molecule has 0 aromatic carbocycles. The highest BCUT2D eigenvalue weighted by atomic mass is 16.7. The molecule has 0 N–H and O–H groups in total. The van der Waals surface area contributed by atoms with Crippen molar-refractivity contribution in [2.24, 2.45) is 11.3 Å². The van der Waals surface area contributed by atoms with Crippen LogP contribution in [0.4, 0.5) is 0 Å². The topological polar surface area (TPSA) is 35.5 Å². The molecule has 3 heteroatoms. The minimum atomic E-state index is -0.552. The summed E-state index contributed by atoms with van der Waals surface area (Å²) in [5.41, 5.74) is -0.318. The van der Waals surface area contributed by atoms with Crippen LogP contribution in [0.2, 0.25) is 0 Å². The molecule has 0 aromatic heterocycles. The van der Waals surface area contributed by atoms with Crippen molar-refractivity contribution >= 4 is 5.78 Å². The highest BCUT2D eigenvalue weighted by molar-refractivity contribution is 5.87. The molecule has 0 aromatic rings. The van der Waals surface area contributed by atoms with Crippen molar-refractivity contribution in [2.45, 2.75) is 51.2 Å². The Morgan fingerprint density at radius 2 is 1.94 bits per heavy atom. The van der Waals surface area contributed by atoms with Crippen molar-refractivity contribution in [3.63, 3.8) is 0 Å². The summed E-state index contributed by atoms with van der Waals surface area (Å²) in [6.45, 7) is 3.51. The Morgan fingerprint density at radius 3 is 2.62 bits per heavy atom. The summed E-state index contributed by atoms with van der Waals surface area (Å²) >= 11 is 0. The molecule has 2 aliphatic carbocycles. The van der Waals surface area contributed by atoms with Crippen LogP contribution in [0.1, 0.15) is 45.4 Å². The second-order valence-corrected chi connectivity index (χ2v) is 5.49. The van der Waals surface area contributed by atoms with E-state index >= 15 is 0 Å². The van der Waals surface area contributed by atoms with Gasteiger partial charge < -0.3 is 9.47 Å². The van der Waals surface area contributed by atoms with Gasteiger partial charge in [-0.2, -0.15) is 0 Å². The standard InChI is InChI=1S/C13H20O3/c1-10-4-2-5-11(14)12(10)6-3-7-13(12)15-8-9-16-13/h10H,2-9H2,1H3/t10-,12+/m1/s1. The number of fused-ring (bicyclic) bond motifs is 1. The Kier molecular flexibility index (Phi) is 2.37. The Bertz CT molecular complexity index is 301. The van der Waals surface area contributed by atoms with Crippen molar-refractivity contribution in [1.82, 2.24) is 0 Å². The zero-order valence-corrected chi connectivity index (χ0v) is 9.96. The van der Waals surface area contributed by atoms with E-state index in [1.54, 1.807) is 0 Å². The van der Waals surface area contributed by atoms with Gasteiger partial charge in [0.2, 0.25) is 0 Å². The number of rotatable bonds is 0.